The molecule has 0 aliphatic rings. The van der Waals surface area contributed by atoms with Crippen LogP contribution in [-0.4, -0.2) is 35.2 Å². The Kier molecular flexibility index (Phi) is 4.24. The van der Waals surface area contributed by atoms with Crippen LogP contribution in [0.3, 0.4) is 0 Å². The second-order valence-corrected chi connectivity index (χ2v) is 5.13. The van der Waals surface area contributed by atoms with Gasteiger partial charge in [0.15, 0.2) is 11.5 Å². The van der Waals surface area contributed by atoms with Gasteiger partial charge in [-0.15, -0.1) is 0 Å². The first-order chi connectivity index (χ1) is 8.66. The molecule has 0 radical (unpaired) electrons. The van der Waals surface area contributed by atoms with E-state index in [-0.39, 0.29) is 0 Å². The van der Waals surface area contributed by atoms with Gasteiger partial charge < -0.3 is 9.67 Å². The van der Waals surface area contributed by atoms with Gasteiger partial charge in [-0.05, 0) is 0 Å². The summed E-state index contributed by atoms with van der Waals surface area (Å²) < 4.78 is 24.9. The molecule has 2 N–H and O–H groups in total. The lowest BCUT2D eigenvalue weighted by Gasteiger charge is -2.08. The summed E-state index contributed by atoms with van der Waals surface area (Å²) in [4.78, 5) is 38.1. The first kappa shape index (κ1) is 15.1. The van der Waals surface area contributed by atoms with E-state index in [9.17, 15) is 22.8 Å². The van der Waals surface area contributed by atoms with Crippen LogP contribution in [-0.2, 0) is 33.8 Å². The standard InChI is InChI=1S/C8H11N3O7S/c1-10-3-5(7(14)11(2)8(10)15)19(16,17)9-18-4-6(12)13/h3,9H,4H2,1-2H3,(H,12,13). The molecule has 0 aromatic carbocycles. The van der Waals surface area contributed by atoms with Gasteiger partial charge in [-0.1, -0.05) is 4.89 Å². The van der Waals surface area contributed by atoms with Crippen molar-refractivity contribution < 1.29 is 23.2 Å². The molecule has 1 rings (SSSR count). The molecular weight excluding hydrogens is 282 g/mol. The number of hydrogen-bond donors (Lipinski definition) is 2. The molecule has 0 bridgehead atoms. The van der Waals surface area contributed by atoms with Crippen molar-refractivity contribution in [2.24, 2.45) is 14.1 Å². The summed E-state index contributed by atoms with van der Waals surface area (Å²) in [5.74, 6) is -1.39. The molecule has 0 unspecified atom stereocenters. The maximum atomic E-state index is 11.7. The Morgan fingerprint density at radius 2 is 2.00 bits per heavy atom. The lowest BCUT2D eigenvalue weighted by atomic mass is 10.6. The lowest BCUT2D eigenvalue weighted by Crippen LogP contribution is -2.41. The number of carbonyl (C=O) groups is 1. The van der Waals surface area contributed by atoms with Crippen molar-refractivity contribution in [3.8, 4) is 0 Å². The number of rotatable bonds is 5. The predicted molar refractivity (Wildman–Crippen MR) is 60.8 cm³/mol. The van der Waals surface area contributed by atoms with Crippen LogP contribution >= 0.6 is 0 Å². The smallest absolute Gasteiger partial charge is 0.331 e. The van der Waals surface area contributed by atoms with Crippen LogP contribution in [0.1, 0.15) is 0 Å². The molecule has 0 amide bonds. The number of aromatic nitrogens is 2. The highest BCUT2D eigenvalue weighted by molar-refractivity contribution is 7.89. The summed E-state index contributed by atoms with van der Waals surface area (Å²) in [6, 6.07) is 0. The van der Waals surface area contributed by atoms with Gasteiger partial charge in [-0.3, -0.25) is 14.2 Å². The molecule has 1 aromatic heterocycles. The molecule has 11 heteroatoms. The van der Waals surface area contributed by atoms with Crippen molar-refractivity contribution in [3.63, 3.8) is 0 Å². The zero-order valence-electron chi connectivity index (χ0n) is 9.98. The van der Waals surface area contributed by atoms with Crippen molar-refractivity contribution >= 4 is 16.0 Å². The number of sulfonamides is 1. The van der Waals surface area contributed by atoms with Crippen LogP contribution in [0.5, 0.6) is 0 Å². The quantitative estimate of drug-likeness (QED) is 0.567. The fourth-order valence-corrected chi connectivity index (χ4v) is 2.14. The molecule has 1 heterocycles. The van der Waals surface area contributed by atoms with Gasteiger partial charge in [0.2, 0.25) is 0 Å². The number of aliphatic carboxylic acids is 1. The predicted octanol–water partition coefficient (Wildman–Crippen LogP) is -2.62. The van der Waals surface area contributed by atoms with Crippen LogP contribution in [0, 0.1) is 0 Å². The third-order valence-electron chi connectivity index (χ3n) is 2.07. The first-order valence-electron chi connectivity index (χ1n) is 4.79. The topological polar surface area (TPSA) is 137 Å². The number of nitrogens with zero attached hydrogens (tertiary/aromatic N) is 2. The summed E-state index contributed by atoms with van der Waals surface area (Å²) in [5.41, 5.74) is -1.75. The second kappa shape index (κ2) is 5.34. The Morgan fingerprint density at radius 3 is 2.53 bits per heavy atom. The van der Waals surface area contributed by atoms with Crippen LogP contribution in [0.2, 0.25) is 0 Å². The van der Waals surface area contributed by atoms with Gasteiger partial charge in [0.1, 0.15) is 0 Å². The van der Waals surface area contributed by atoms with Crippen LogP contribution in [0.4, 0.5) is 0 Å². The zero-order chi connectivity index (χ0) is 14.8. The van der Waals surface area contributed by atoms with Crippen molar-refractivity contribution in [3.05, 3.63) is 27.0 Å². The van der Waals surface area contributed by atoms with E-state index in [4.69, 9.17) is 5.11 Å². The van der Waals surface area contributed by atoms with Gasteiger partial charge in [-0.25, -0.2) is 18.0 Å². The van der Waals surface area contributed by atoms with Gasteiger partial charge in [-0.2, -0.15) is 0 Å². The molecule has 0 aliphatic carbocycles. The second-order valence-electron chi connectivity index (χ2n) is 3.52. The molecule has 0 atom stereocenters. The SMILES string of the molecule is Cn1cc(S(=O)(=O)NOCC(=O)O)c(=O)n(C)c1=O. The molecular formula is C8H11N3O7S. The Hall–Kier alpha value is -1.98. The number of carboxylic acids is 1. The maximum absolute atomic E-state index is 11.7. The Bertz CT molecular complexity index is 715. The maximum Gasteiger partial charge on any atom is 0.331 e. The van der Waals surface area contributed by atoms with E-state index in [0.29, 0.717) is 4.57 Å². The average molecular weight is 293 g/mol. The van der Waals surface area contributed by atoms with Gasteiger partial charge in [0.05, 0.1) is 0 Å². The molecule has 1 aromatic rings. The molecule has 0 fully saturated rings. The van der Waals surface area contributed by atoms with Gasteiger partial charge in [0, 0.05) is 20.3 Å². The molecule has 0 saturated carbocycles. The van der Waals surface area contributed by atoms with E-state index in [1.54, 1.807) is 0 Å². The highest BCUT2D eigenvalue weighted by Crippen LogP contribution is 1.99. The molecule has 0 spiro atoms. The van der Waals surface area contributed by atoms with Crippen LogP contribution < -0.4 is 16.1 Å². The number of aryl methyl sites for hydroxylation is 1. The van der Waals surface area contributed by atoms with Gasteiger partial charge >= 0.3 is 11.7 Å². The molecule has 10 nitrogen and oxygen atoms in total. The zero-order valence-corrected chi connectivity index (χ0v) is 10.8. The lowest BCUT2D eigenvalue weighted by molar-refractivity contribution is -0.143. The summed E-state index contributed by atoms with van der Waals surface area (Å²) in [6.45, 7) is -0.911. The highest BCUT2D eigenvalue weighted by Gasteiger charge is 2.21. The summed E-state index contributed by atoms with van der Waals surface area (Å²) in [5, 5.41) is 8.29. The summed E-state index contributed by atoms with van der Waals surface area (Å²) in [7, 11) is -2.00. The Morgan fingerprint density at radius 1 is 1.42 bits per heavy atom. The van der Waals surface area contributed by atoms with Crippen molar-refractivity contribution in [1.82, 2.24) is 14.0 Å². The number of carboxylic acid groups (broad SMARTS) is 1. The van der Waals surface area contributed by atoms with Crippen molar-refractivity contribution in [1.29, 1.82) is 0 Å². The first-order valence-corrected chi connectivity index (χ1v) is 6.27. The minimum absolute atomic E-state index is 0.603. The molecule has 19 heavy (non-hydrogen) atoms. The largest absolute Gasteiger partial charge is 0.479 e. The van der Waals surface area contributed by atoms with Crippen molar-refractivity contribution in [2.45, 2.75) is 4.90 Å². The Balaban J connectivity index is 3.20. The Labute approximate surface area is 106 Å². The van der Waals surface area contributed by atoms with Gasteiger partial charge in [0.25, 0.3) is 15.6 Å². The monoisotopic (exact) mass is 293 g/mol. The highest BCUT2D eigenvalue weighted by atomic mass is 32.2. The van der Waals surface area contributed by atoms with Crippen LogP contribution in [0.15, 0.2) is 20.7 Å². The fourth-order valence-electron chi connectivity index (χ4n) is 1.17. The van der Waals surface area contributed by atoms with Crippen molar-refractivity contribution in [2.75, 3.05) is 6.61 Å². The minimum atomic E-state index is -4.38. The average Bonchev–Trinajstić information content (AvgIpc) is 2.30. The fraction of sp³-hybridized carbons (Fsp3) is 0.375. The van der Waals surface area contributed by atoms with Crippen LogP contribution in [0.25, 0.3) is 0 Å². The molecule has 106 valence electrons. The summed E-state index contributed by atoms with van der Waals surface area (Å²) in [6.07, 6.45) is 0.817. The van der Waals surface area contributed by atoms with E-state index < -0.39 is 38.7 Å². The van der Waals surface area contributed by atoms with E-state index in [1.807, 2.05) is 0 Å². The third kappa shape index (κ3) is 3.27. The normalized spacial score (nSPS) is 11.5. The van der Waals surface area contributed by atoms with E-state index in [2.05, 4.69) is 4.84 Å². The summed E-state index contributed by atoms with van der Waals surface area (Å²) >= 11 is 0. The third-order valence-corrected chi connectivity index (χ3v) is 3.27. The van der Waals surface area contributed by atoms with E-state index >= 15 is 0 Å². The molecule has 0 aliphatic heterocycles. The molecule has 0 saturated heterocycles. The number of nitrogens with one attached hydrogen (secondary N) is 1. The minimum Gasteiger partial charge on any atom is -0.479 e. The van der Waals surface area contributed by atoms with E-state index in [1.165, 1.54) is 11.9 Å². The van der Waals surface area contributed by atoms with E-state index in [0.717, 1.165) is 17.8 Å². The number of hydrogen-bond acceptors (Lipinski definition) is 6.